The number of hydrogen-bond acceptors (Lipinski definition) is 3. The van der Waals surface area contributed by atoms with Crippen LogP contribution in [0.3, 0.4) is 0 Å². The Morgan fingerprint density at radius 3 is 2.78 bits per heavy atom. The first kappa shape index (κ1) is 12.8. The molecule has 0 radical (unpaired) electrons. The van der Waals surface area contributed by atoms with Gasteiger partial charge in [-0.25, -0.2) is 0 Å². The summed E-state index contributed by atoms with van der Waals surface area (Å²) < 4.78 is 11.4. The second-order valence-electron chi connectivity index (χ2n) is 6.09. The Morgan fingerprint density at radius 1 is 1.13 bits per heavy atom. The van der Waals surface area contributed by atoms with E-state index in [9.17, 15) is 4.79 Å². The van der Waals surface area contributed by atoms with Gasteiger partial charge in [0, 0.05) is 17.3 Å². The fourth-order valence-corrected chi connectivity index (χ4v) is 3.98. The van der Waals surface area contributed by atoms with Crippen molar-refractivity contribution in [1.82, 2.24) is 0 Å². The lowest BCUT2D eigenvalue weighted by atomic mass is 9.88. The summed E-state index contributed by atoms with van der Waals surface area (Å²) in [5.74, 6) is 1.61. The molecule has 0 fully saturated rings. The molecular weight excluding hydrogens is 290 g/mol. The number of carbonyl (C=O) groups is 1. The summed E-state index contributed by atoms with van der Waals surface area (Å²) in [5, 5.41) is 4.50. The zero-order chi connectivity index (χ0) is 15.6. The fourth-order valence-electron chi connectivity index (χ4n) is 3.98. The number of aryl methyl sites for hydroxylation is 1. The first-order valence-corrected chi connectivity index (χ1v) is 7.78. The van der Waals surface area contributed by atoms with Gasteiger partial charge in [-0.1, -0.05) is 24.3 Å². The molecule has 2 aliphatic rings. The normalized spacial score (nSPS) is 15.4. The van der Waals surface area contributed by atoms with Gasteiger partial charge in [0.15, 0.2) is 11.5 Å². The first-order chi connectivity index (χ1) is 11.3. The van der Waals surface area contributed by atoms with Crippen LogP contribution in [0.4, 0.5) is 5.69 Å². The van der Waals surface area contributed by atoms with Crippen LogP contribution in [0, 0.1) is 6.92 Å². The Kier molecular flexibility index (Phi) is 2.43. The SMILES string of the molecule is Cc1c2c3c(cc4c(c3c3ccccc13)OCO4)CCN2C=O. The van der Waals surface area contributed by atoms with Gasteiger partial charge >= 0.3 is 0 Å². The Labute approximate surface area is 133 Å². The number of ether oxygens (including phenoxy) is 2. The van der Waals surface area contributed by atoms with Crippen molar-refractivity contribution < 1.29 is 14.3 Å². The van der Waals surface area contributed by atoms with Crippen LogP contribution >= 0.6 is 0 Å². The largest absolute Gasteiger partial charge is 0.454 e. The van der Waals surface area contributed by atoms with Crippen molar-refractivity contribution in [3.63, 3.8) is 0 Å². The number of anilines is 1. The lowest BCUT2D eigenvalue weighted by Crippen LogP contribution is -2.28. The zero-order valence-corrected chi connectivity index (χ0v) is 12.8. The van der Waals surface area contributed by atoms with Gasteiger partial charge in [-0.3, -0.25) is 4.79 Å². The van der Waals surface area contributed by atoms with Crippen molar-refractivity contribution >= 4 is 33.6 Å². The van der Waals surface area contributed by atoms with E-state index < -0.39 is 0 Å². The minimum atomic E-state index is 0.253. The average Bonchev–Trinajstić information content (AvgIpc) is 3.06. The maximum atomic E-state index is 11.6. The van der Waals surface area contributed by atoms with Gasteiger partial charge in [-0.05, 0) is 41.3 Å². The van der Waals surface area contributed by atoms with E-state index in [1.807, 2.05) is 17.0 Å². The Bertz CT molecular complexity index is 993. The number of amides is 1. The molecule has 3 aromatic rings. The Hall–Kier alpha value is -2.75. The summed E-state index contributed by atoms with van der Waals surface area (Å²) in [6.45, 7) is 3.04. The van der Waals surface area contributed by atoms with E-state index in [2.05, 4.69) is 25.1 Å². The lowest BCUT2D eigenvalue weighted by Gasteiger charge is -2.29. The number of benzene rings is 3. The van der Waals surface area contributed by atoms with Crippen molar-refractivity contribution in [1.29, 1.82) is 0 Å². The Balaban J connectivity index is 2.10. The summed E-state index contributed by atoms with van der Waals surface area (Å²) >= 11 is 0. The molecule has 0 atom stereocenters. The van der Waals surface area contributed by atoms with Gasteiger partial charge in [-0.2, -0.15) is 0 Å². The predicted octanol–water partition coefficient (Wildman–Crippen LogP) is 3.55. The van der Waals surface area contributed by atoms with Crippen LogP contribution < -0.4 is 14.4 Å². The first-order valence-electron chi connectivity index (χ1n) is 7.78. The zero-order valence-electron chi connectivity index (χ0n) is 12.8. The molecule has 4 heteroatoms. The summed E-state index contributed by atoms with van der Waals surface area (Å²) in [4.78, 5) is 13.4. The van der Waals surface area contributed by atoms with Crippen molar-refractivity contribution in [3.05, 3.63) is 41.5 Å². The second kappa shape index (κ2) is 4.38. The fraction of sp³-hybridized carbons (Fsp3) is 0.211. The van der Waals surface area contributed by atoms with E-state index in [0.717, 1.165) is 57.1 Å². The average molecular weight is 305 g/mol. The van der Waals surface area contributed by atoms with Crippen LogP contribution in [0.5, 0.6) is 11.5 Å². The summed E-state index contributed by atoms with van der Waals surface area (Å²) in [6.07, 6.45) is 1.76. The highest BCUT2D eigenvalue weighted by atomic mass is 16.7. The molecule has 4 nitrogen and oxygen atoms in total. The second-order valence-corrected chi connectivity index (χ2v) is 6.09. The van der Waals surface area contributed by atoms with Gasteiger partial charge in [0.05, 0.1) is 5.69 Å². The standard InChI is InChI=1S/C19H15NO3/c1-11-13-4-2-3-5-14(13)17-16-12(6-7-20(9-21)18(11)16)8-15-19(17)23-10-22-15/h2-5,8-9H,6-7,10H2,1H3. The molecule has 5 rings (SSSR count). The highest BCUT2D eigenvalue weighted by Crippen LogP contribution is 2.50. The van der Waals surface area contributed by atoms with Gasteiger partial charge in [0.2, 0.25) is 13.2 Å². The van der Waals surface area contributed by atoms with Crippen LogP contribution in [0.15, 0.2) is 30.3 Å². The number of fused-ring (bicyclic) bond motifs is 4. The van der Waals surface area contributed by atoms with Crippen LogP contribution in [0.1, 0.15) is 11.1 Å². The lowest BCUT2D eigenvalue weighted by molar-refractivity contribution is -0.107. The monoisotopic (exact) mass is 305 g/mol. The molecule has 0 spiro atoms. The molecule has 114 valence electrons. The summed E-state index contributed by atoms with van der Waals surface area (Å²) in [5.41, 5.74) is 3.37. The van der Waals surface area contributed by atoms with E-state index in [1.54, 1.807) is 0 Å². The predicted molar refractivity (Wildman–Crippen MR) is 89.4 cm³/mol. The van der Waals surface area contributed by atoms with Crippen LogP contribution in [0.25, 0.3) is 21.5 Å². The number of hydrogen-bond donors (Lipinski definition) is 0. The summed E-state index contributed by atoms with van der Waals surface area (Å²) in [7, 11) is 0. The smallest absolute Gasteiger partial charge is 0.231 e. The van der Waals surface area contributed by atoms with Crippen LogP contribution in [-0.4, -0.2) is 19.7 Å². The van der Waals surface area contributed by atoms with E-state index >= 15 is 0 Å². The maximum absolute atomic E-state index is 11.6. The maximum Gasteiger partial charge on any atom is 0.231 e. The van der Waals surface area contributed by atoms with E-state index in [-0.39, 0.29) is 6.79 Å². The highest BCUT2D eigenvalue weighted by Gasteiger charge is 2.29. The topological polar surface area (TPSA) is 38.8 Å². The van der Waals surface area contributed by atoms with E-state index in [1.165, 1.54) is 5.56 Å². The van der Waals surface area contributed by atoms with E-state index in [0.29, 0.717) is 6.54 Å². The van der Waals surface area contributed by atoms with Gasteiger partial charge in [0.1, 0.15) is 0 Å². The molecule has 3 aromatic carbocycles. The number of rotatable bonds is 1. The molecule has 0 aliphatic carbocycles. The molecule has 0 unspecified atom stereocenters. The molecule has 0 saturated carbocycles. The Morgan fingerprint density at radius 2 is 1.96 bits per heavy atom. The molecular formula is C19H15NO3. The molecule has 0 N–H and O–H groups in total. The molecule has 0 saturated heterocycles. The molecule has 2 heterocycles. The van der Waals surface area contributed by atoms with Crippen molar-refractivity contribution in [2.75, 3.05) is 18.2 Å². The quantitative estimate of drug-likeness (QED) is 0.510. The van der Waals surface area contributed by atoms with Gasteiger partial charge < -0.3 is 14.4 Å². The minimum Gasteiger partial charge on any atom is -0.454 e. The molecule has 0 bridgehead atoms. The third-order valence-electron chi connectivity index (χ3n) is 4.97. The van der Waals surface area contributed by atoms with Gasteiger partial charge in [0.25, 0.3) is 0 Å². The highest BCUT2D eigenvalue weighted by molar-refractivity contribution is 6.21. The third kappa shape index (κ3) is 1.53. The summed E-state index contributed by atoms with van der Waals surface area (Å²) in [6, 6.07) is 10.4. The number of carbonyl (C=O) groups excluding carboxylic acids is 1. The van der Waals surface area contributed by atoms with Crippen molar-refractivity contribution in [2.45, 2.75) is 13.3 Å². The van der Waals surface area contributed by atoms with Crippen LogP contribution in [-0.2, 0) is 11.2 Å². The van der Waals surface area contributed by atoms with E-state index in [4.69, 9.17) is 9.47 Å². The van der Waals surface area contributed by atoms with Crippen LogP contribution in [0.2, 0.25) is 0 Å². The molecule has 1 amide bonds. The molecule has 2 aliphatic heterocycles. The van der Waals surface area contributed by atoms with Crippen molar-refractivity contribution in [3.8, 4) is 11.5 Å². The molecule has 23 heavy (non-hydrogen) atoms. The van der Waals surface area contributed by atoms with Gasteiger partial charge in [-0.15, -0.1) is 0 Å². The molecule has 0 aromatic heterocycles. The number of nitrogens with zero attached hydrogens (tertiary/aromatic N) is 1. The van der Waals surface area contributed by atoms with Crippen molar-refractivity contribution in [2.24, 2.45) is 0 Å². The third-order valence-corrected chi connectivity index (χ3v) is 4.97. The minimum absolute atomic E-state index is 0.253.